The molecule has 0 aliphatic heterocycles. The lowest BCUT2D eigenvalue weighted by atomic mass is 9.96. The van der Waals surface area contributed by atoms with Crippen LogP contribution in [0.4, 0.5) is 0 Å². The lowest BCUT2D eigenvalue weighted by molar-refractivity contribution is 0.0312. The number of nitrogens with one attached hydrogen (secondary N) is 2. The van der Waals surface area contributed by atoms with Gasteiger partial charge in [-0.1, -0.05) is 34.6 Å². The zero-order chi connectivity index (χ0) is 14.7. The van der Waals surface area contributed by atoms with Gasteiger partial charge in [-0.15, -0.1) is 5.10 Å². The smallest absolute Gasteiger partial charge is 0.291 e. The van der Waals surface area contributed by atoms with Crippen molar-refractivity contribution in [1.82, 2.24) is 20.5 Å². The maximum atomic E-state index is 11.9. The third kappa shape index (κ3) is 4.02. The van der Waals surface area contributed by atoms with E-state index in [2.05, 4.69) is 20.5 Å². The van der Waals surface area contributed by atoms with Crippen LogP contribution < -0.4 is 5.32 Å². The number of aliphatic hydroxyl groups is 1. The van der Waals surface area contributed by atoms with E-state index in [1.54, 1.807) is 0 Å². The molecule has 108 valence electrons. The van der Waals surface area contributed by atoms with Crippen LogP contribution in [0.15, 0.2) is 0 Å². The van der Waals surface area contributed by atoms with Gasteiger partial charge >= 0.3 is 0 Å². The molecule has 1 heterocycles. The molecule has 0 aromatic carbocycles. The summed E-state index contributed by atoms with van der Waals surface area (Å²) in [6.07, 6.45) is 1.18. The number of carbonyl (C=O) groups is 1. The SMILES string of the molecule is CCC(O)(CC)CNC(=O)c1n[nH]c(C(C)(C)C)n1. The minimum absolute atomic E-state index is 0.111. The summed E-state index contributed by atoms with van der Waals surface area (Å²) in [5.74, 6) is 0.408. The van der Waals surface area contributed by atoms with Gasteiger partial charge in [0.25, 0.3) is 5.91 Å². The highest BCUT2D eigenvalue weighted by atomic mass is 16.3. The third-order valence-electron chi connectivity index (χ3n) is 3.29. The van der Waals surface area contributed by atoms with E-state index >= 15 is 0 Å². The fraction of sp³-hybridized carbons (Fsp3) is 0.769. The topological polar surface area (TPSA) is 90.9 Å². The third-order valence-corrected chi connectivity index (χ3v) is 3.29. The quantitative estimate of drug-likeness (QED) is 0.752. The second kappa shape index (κ2) is 5.69. The summed E-state index contributed by atoms with van der Waals surface area (Å²) < 4.78 is 0. The Morgan fingerprint density at radius 3 is 2.32 bits per heavy atom. The molecule has 1 aromatic heterocycles. The van der Waals surface area contributed by atoms with Gasteiger partial charge in [-0.05, 0) is 12.8 Å². The van der Waals surface area contributed by atoms with Crippen LogP contribution in [0.5, 0.6) is 0 Å². The molecular weight excluding hydrogens is 244 g/mol. The van der Waals surface area contributed by atoms with Crippen LogP contribution in [0.25, 0.3) is 0 Å². The molecule has 6 nitrogen and oxygen atoms in total. The summed E-state index contributed by atoms with van der Waals surface area (Å²) in [5.41, 5.74) is -1.04. The molecule has 1 rings (SSSR count). The van der Waals surface area contributed by atoms with E-state index in [4.69, 9.17) is 0 Å². The van der Waals surface area contributed by atoms with E-state index in [-0.39, 0.29) is 23.7 Å². The second-order valence-electron chi connectivity index (χ2n) is 5.87. The van der Waals surface area contributed by atoms with E-state index in [0.717, 1.165) is 0 Å². The average Bonchev–Trinajstić information content (AvgIpc) is 2.85. The molecule has 0 unspecified atom stereocenters. The molecule has 0 bridgehead atoms. The molecular formula is C13H24N4O2. The van der Waals surface area contributed by atoms with Gasteiger partial charge in [0.2, 0.25) is 5.82 Å². The first kappa shape index (κ1) is 15.6. The number of H-pyrrole nitrogens is 1. The second-order valence-corrected chi connectivity index (χ2v) is 5.87. The van der Waals surface area contributed by atoms with Crippen molar-refractivity contribution in [3.05, 3.63) is 11.6 Å². The molecule has 0 spiro atoms. The molecule has 0 saturated carbocycles. The van der Waals surface area contributed by atoms with Gasteiger partial charge in [0.05, 0.1) is 5.60 Å². The Bertz CT molecular complexity index is 430. The number of carbonyl (C=O) groups excluding carboxylic acids is 1. The fourth-order valence-electron chi connectivity index (χ4n) is 1.52. The zero-order valence-corrected chi connectivity index (χ0v) is 12.4. The Morgan fingerprint density at radius 2 is 1.89 bits per heavy atom. The van der Waals surface area contributed by atoms with Crippen LogP contribution in [0.2, 0.25) is 0 Å². The van der Waals surface area contributed by atoms with E-state index < -0.39 is 5.60 Å². The van der Waals surface area contributed by atoms with Gasteiger partial charge in [-0.3, -0.25) is 9.89 Å². The predicted molar refractivity (Wildman–Crippen MR) is 72.9 cm³/mol. The lowest BCUT2D eigenvalue weighted by Gasteiger charge is -2.24. The van der Waals surface area contributed by atoms with Crippen molar-refractivity contribution in [2.75, 3.05) is 6.54 Å². The normalized spacial score (nSPS) is 12.5. The summed E-state index contributed by atoms with van der Waals surface area (Å²) in [7, 11) is 0. The number of hydrogen-bond acceptors (Lipinski definition) is 4. The first-order valence-corrected chi connectivity index (χ1v) is 6.65. The highest BCUT2D eigenvalue weighted by molar-refractivity contribution is 5.90. The average molecular weight is 268 g/mol. The van der Waals surface area contributed by atoms with E-state index in [1.165, 1.54) is 0 Å². The first-order valence-electron chi connectivity index (χ1n) is 6.65. The maximum Gasteiger partial charge on any atom is 0.291 e. The summed E-state index contributed by atoms with van der Waals surface area (Å²) in [6.45, 7) is 9.95. The Balaban J connectivity index is 2.67. The van der Waals surface area contributed by atoms with Crippen LogP contribution in [0.1, 0.15) is 63.9 Å². The Kier molecular flexibility index (Phi) is 4.68. The molecule has 1 amide bonds. The van der Waals surface area contributed by atoms with Crippen molar-refractivity contribution in [2.24, 2.45) is 0 Å². The van der Waals surface area contributed by atoms with Crippen molar-refractivity contribution in [3.63, 3.8) is 0 Å². The van der Waals surface area contributed by atoms with Gasteiger partial charge in [-0.25, -0.2) is 4.98 Å². The number of amides is 1. The number of aromatic nitrogens is 3. The maximum absolute atomic E-state index is 11.9. The molecule has 6 heteroatoms. The van der Waals surface area contributed by atoms with Crippen molar-refractivity contribution < 1.29 is 9.90 Å². The Morgan fingerprint density at radius 1 is 1.32 bits per heavy atom. The highest BCUT2D eigenvalue weighted by Crippen LogP contribution is 2.17. The van der Waals surface area contributed by atoms with Crippen LogP contribution in [-0.2, 0) is 5.41 Å². The largest absolute Gasteiger partial charge is 0.388 e. The summed E-state index contributed by atoms with van der Waals surface area (Å²) in [4.78, 5) is 16.1. The van der Waals surface area contributed by atoms with Gasteiger partial charge < -0.3 is 10.4 Å². The molecule has 0 saturated heterocycles. The molecule has 19 heavy (non-hydrogen) atoms. The number of aromatic amines is 1. The zero-order valence-electron chi connectivity index (χ0n) is 12.4. The van der Waals surface area contributed by atoms with Crippen LogP contribution in [0, 0.1) is 0 Å². The number of nitrogens with zero attached hydrogens (tertiary/aromatic N) is 2. The van der Waals surface area contributed by atoms with Gasteiger partial charge in [0, 0.05) is 12.0 Å². The van der Waals surface area contributed by atoms with Crippen molar-refractivity contribution >= 4 is 5.91 Å². The predicted octanol–water partition coefficient (Wildman–Crippen LogP) is 1.38. The van der Waals surface area contributed by atoms with Gasteiger partial charge in [0.1, 0.15) is 5.82 Å². The van der Waals surface area contributed by atoms with Crippen LogP contribution in [0.3, 0.4) is 0 Å². The molecule has 1 aromatic rings. The monoisotopic (exact) mass is 268 g/mol. The van der Waals surface area contributed by atoms with Crippen molar-refractivity contribution in [2.45, 2.75) is 58.5 Å². The van der Waals surface area contributed by atoms with Crippen LogP contribution in [-0.4, -0.2) is 38.3 Å². The molecule has 0 atom stereocenters. The minimum Gasteiger partial charge on any atom is -0.388 e. The number of rotatable bonds is 5. The molecule has 0 fully saturated rings. The molecule has 3 N–H and O–H groups in total. The summed E-state index contributed by atoms with van der Waals surface area (Å²) in [5, 5.41) is 19.4. The van der Waals surface area contributed by atoms with Crippen molar-refractivity contribution in [3.8, 4) is 0 Å². The van der Waals surface area contributed by atoms with E-state index in [0.29, 0.717) is 18.7 Å². The molecule has 0 aliphatic carbocycles. The van der Waals surface area contributed by atoms with E-state index in [9.17, 15) is 9.90 Å². The Hall–Kier alpha value is -1.43. The van der Waals surface area contributed by atoms with Crippen LogP contribution >= 0.6 is 0 Å². The Labute approximate surface area is 114 Å². The molecule has 0 radical (unpaired) electrons. The summed E-state index contributed by atoms with van der Waals surface area (Å²) >= 11 is 0. The lowest BCUT2D eigenvalue weighted by Crippen LogP contribution is -2.42. The number of hydrogen-bond donors (Lipinski definition) is 3. The molecule has 0 aliphatic rings. The summed E-state index contributed by atoms with van der Waals surface area (Å²) in [6, 6.07) is 0. The standard InChI is InChI=1S/C13H24N4O2/c1-6-13(19,7-2)8-14-10(18)9-15-11(17-16-9)12(3,4)5/h19H,6-8H2,1-5H3,(H,14,18)(H,15,16,17). The van der Waals surface area contributed by atoms with Crippen molar-refractivity contribution in [1.29, 1.82) is 0 Å². The van der Waals surface area contributed by atoms with Gasteiger partial charge in [0.15, 0.2) is 0 Å². The highest BCUT2D eigenvalue weighted by Gasteiger charge is 2.25. The van der Waals surface area contributed by atoms with E-state index in [1.807, 2.05) is 34.6 Å². The van der Waals surface area contributed by atoms with Gasteiger partial charge in [-0.2, -0.15) is 0 Å². The fourth-order valence-corrected chi connectivity index (χ4v) is 1.52. The minimum atomic E-state index is -0.862. The first-order chi connectivity index (χ1) is 8.72.